The van der Waals surface area contributed by atoms with Crippen molar-refractivity contribution in [1.29, 1.82) is 0 Å². The lowest BCUT2D eigenvalue weighted by Crippen LogP contribution is -2.51. The highest BCUT2D eigenvalue weighted by atomic mass is 32.2. The number of amides is 2. The summed E-state index contributed by atoms with van der Waals surface area (Å²) in [5, 5.41) is 0.766. The van der Waals surface area contributed by atoms with Crippen molar-refractivity contribution in [2.24, 2.45) is 5.92 Å². The van der Waals surface area contributed by atoms with Gasteiger partial charge in [-0.05, 0) is 31.0 Å². The molecule has 3 heterocycles. The molecular weight excluding hydrogens is 444 g/mol. The number of hydrogen-bond donors (Lipinski definition) is 0. The summed E-state index contributed by atoms with van der Waals surface area (Å²) in [5.74, 6) is 0.985. The number of benzene rings is 1. The van der Waals surface area contributed by atoms with E-state index >= 15 is 0 Å². The van der Waals surface area contributed by atoms with E-state index in [0.29, 0.717) is 56.3 Å². The van der Waals surface area contributed by atoms with Crippen LogP contribution in [0.1, 0.15) is 23.2 Å². The normalized spacial score (nSPS) is 20.7. The van der Waals surface area contributed by atoms with Crippen molar-refractivity contribution in [1.82, 2.24) is 14.8 Å². The Kier molecular flexibility index (Phi) is 5.64. The fourth-order valence-electron chi connectivity index (χ4n) is 4.61. The molecular formula is C23H28N4O5S. The molecule has 0 radical (unpaired) electrons. The first kappa shape index (κ1) is 21.9. The lowest BCUT2D eigenvalue weighted by atomic mass is 10.1. The minimum atomic E-state index is -3.07. The fourth-order valence-corrected chi connectivity index (χ4v) is 5.81. The van der Waals surface area contributed by atoms with Gasteiger partial charge in [0.15, 0.2) is 9.84 Å². The number of rotatable bonds is 4. The number of methoxy groups -OCH3 is 1. The second kappa shape index (κ2) is 8.48. The van der Waals surface area contributed by atoms with E-state index in [2.05, 4.69) is 4.98 Å². The number of sulfone groups is 1. The van der Waals surface area contributed by atoms with Crippen LogP contribution in [0.5, 0.6) is 5.75 Å². The average Bonchev–Trinajstić information content (AvgIpc) is 3.68. The Hall–Kier alpha value is -2.88. The molecule has 5 rings (SSSR count). The van der Waals surface area contributed by atoms with Gasteiger partial charge in [0.25, 0.3) is 5.91 Å². The number of fused-ring (bicyclic) bond motifs is 1. The van der Waals surface area contributed by atoms with Crippen LogP contribution in [0.4, 0.5) is 5.69 Å². The van der Waals surface area contributed by atoms with E-state index in [0.717, 1.165) is 23.7 Å². The lowest BCUT2D eigenvalue weighted by molar-refractivity contribution is -0.134. The van der Waals surface area contributed by atoms with Crippen LogP contribution in [-0.4, -0.2) is 92.9 Å². The Morgan fingerprint density at radius 2 is 1.67 bits per heavy atom. The largest absolute Gasteiger partial charge is 0.497 e. The van der Waals surface area contributed by atoms with Gasteiger partial charge >= 0.3 is 0 Å². The first-order chi connectivity index (χ1) is 15.9. The maximum absolute atomic E-state index is 13.6. The quantitative estimate of drug-likeness (QED) is 0.659. The fraction of sp³-hybridized carbons (Fsp3) is 0.522. The van der Waals surface area contributed by atoms with Crippen LogP contribution >= 0.6 is 0 Å². The maximum atomic E-state index is 13.6. The van der Waals surface area contributed by atoms with Crippen molar-refractivity contribution in [3.8, 4) is 5.75 Å². The molecule has 1 aromatic carbocycles. The van der Waals surface area contributed by atoms with E-state index in [-0.39, 0.29) is 29.2 Å². The van der Waals surface area contributed by atoms with Crippen LogP contribution < -0.4 is 9.64 Å². The number of anilines is 1. The number of nitrogens with zero attached hydrogens (tertiary/aromatic N) is 4. The van der Waals surface area contributed by atoms with Gasteiger partial charge in [0.1, 0.15) is 5.75 Å². The molecule has 10 heteroatoms. The van der Waals surface area contributed by atoms with E-state index in [1.165, 1.54) is 0 Å². The van der Waals surface area contributed by atoms with Gasteiger partial charge in [0, 0.05) is 56.8 Å². The zero-order valence-electron chi connectivity index (χ0n) is 18.7. The van der Waals surface area contributed by atoms with Gasteiger partial charge in [-0.2, -0.15) is 0 Å². The second-order valence-corrected chi connectivity index (χ2v) is 11.2. The summed E-state index contributed by atoms with van der Waals surface area (Å²) in [6.45, 7) is 2.66. The van der Waals surface area contributed by atoms with Crippen molar-refractivity contribution < 1.29 is 22.7 Å². The number of carbonyl (C=O) groups is 2. The highest BCUT2D eigenvalue weighted by Gasteiger charge is 2.36. The number of aromatic nitrogens is 1. The highest BCUT2D eigenvalue weighted by Crippen LogP contribution is 2.35. The molecule has 9 nitrogen and oxygen atoms in total. The minimum absolute atomic E-state index is 0.0520. The second-order valence-electron chi connectivity index (χ2n) is 8.93. The molecule has 0 N–H and O–H groups in total. The lowest BCUT2D eigenvalue weighted by Gasteiger charge is -2.36. The number of carbonyl (C=O) groups excluding carboxylic acids is 2. The van der Waals surface area contributed by atoms with E-state index in [4.69, 9.17) is 4.74 Å². The summed E-state index contributed by atoms with van der Waals surface area (Å²) in [4.78, 5) is 36.1. The third-order valence-electron chi connectivity index (χ3n) is 6.74. The van der Waals surface area contributed by atoms with Crippen molar-refractivity contribution in [2.75, 3.05) is 62.8 Å². The van der Waals surface area contributed by atoms with Crippen molar-refractivity contribution in [3.63, 3.8) is 0 Å². The molecule has 3 aliphatic rings. The minimum Gasteiger partial charge on any atom is -0.497 e. The SMILES string of the molecule is COc1ccc2ncc(C(=O)N3CCN(C(=O)C4CC4)CC3)c(N3CCS(=O)(=O)CC3)c2c1. The number of hydrogen-bond acceptors (Lipinski definition) is 7. The van der Waals surface area contributed by atoms with E-state index < -0.39 is 9.84 Å². The Bertz CT molecular complexity index is 1190. The Morgan fingerprint density at radius 1 is 1.00 bits per heavy atom. The molecule has 176 valence electrons. The summed E-state index contributed by atoms with van der Waals surface area (Å²) in [7, 11) is -1.49. The van der Waals surface area contributed by atoms with E-state index in [1.807, 2.05) is 28.0 Å². The van der Waals surface area contributed by atoms with Crippen molar-refractivity contribution in [3.05, 3.63) is 30.0 Å². The van der Waals surface area contributed by atoms with Crippen LogP contribution in [0.2, 0.25) is 0 Å². The molecule has 0 spiro atoms. The standard InChI is InChI=1S/C23H28N4O5S/c1-32-17-4-5-20-18(14-17)21(25-10-12-33(30,31)13-11-25)19(15-24-20)23(29)27-8-6-26(7-9-27)22(28)16-2-3-16/h4-5,14-16H,2-3,6-13H2,1H3. The van der Waals surface area contributed by atoms with E-state index in [1.54, 1.807) is 18.2 Å². The number of pyridine rings is 1. The molecule has 1 saturated carbocycles. The number of ether oxygens (including phenoxy) is 1. The van der Waals surface area contributed by atoms with Gasteiger partial charge in [-0.15, -0.1) is 0 Å². The van der Waals surface area contributed by atoms with Gasteiger partial charge in [0.2, 0.25) is 5.91 Å². The highest BCUT2D eigenvalue weighted by molar-refractivity contribution is 7.91. The molecule has 2 amide bonds. The van der Waals surface area contributed by atoms with Crippen molar-refractivity contribution in [2.45, 2.75) is 12.8 Å². The molecule has 1 aromatic heterocycles. The Labute approximate surface area is 193 Å². The molecule has 2 aliphatic heterocycles. The average molecular weight is 473 g/mol. The third-order valence-corrected chi connectivity index (χ3v) is 8.35. The van der Waals surface area contributed by atoms with Gasteiger partial charge in [0.05, 0.1) is 35.4 Å². The first-order valence-corrected chi connectivity index (χ1v) is 13.2. The zero-order valence-corrected chi connectivity index (χ0v) is 19.5. The van der Waals surface area contributed by atoms with Crippen LogP contribution in [0, 0.1) is 5.92 Å². The Balaban J connectivity index is 1.46. The predicted molar refractivity (Wildman–Crippen MR) is 124 cm³/mol. The van der Waals surface area contributed by atoms with Gasteiger partial charge < -0.3 is 19.4 Å². The summed E-state index contributed by atoms with van der Waals surface area (Å²) in [6.07, 6.45) is 3.54. The van der Waals surface area contributed by atoms with E-state index in [9.17, 15) is 18.0 Å². The topological polar surface area (TPSA) is 100 Å². The van der Waals surface area contributed by atoms with Crippen LogP contribution in [0.15, 0.2) is 24.4 Å². The van der Waals surface area contributed by atoms with Gasteiger partial charge in [-0.1, -0.05) is 0 Å². The Morgan fingerprint density at radius 3 is 2.30 bits per heavy atom. The molecule has 1 aliphatic carbocycles. The predicted octanol–water partition coefficient (Wildman–Crippen LogP) is 1.17. The third kappa shape index (κ3) is 4.36. The van der Waals surface area contributed by atoms with Gasteiger partial charge in [-0.3, -0.25) is 14.6 Å². The van der Waals surface area contributed by atoms with Crippen LogP contribution in [0.3, 0.4) is 0 Å². The smallest absolute Gasteiger partial charge is 0.257 e. The first-order valence-electron chi connectivity index (χ1n) is 11.4. The molecule has 33 heavy (non-hydrogen) atoms. The molecule has 0 bridgehead atoms. The van der Waals surface area contributed by atoms with Crippen LogP contribution in [0.25, 0.3) is 10.9 Å². The zero-order chi connectivity index (χ0) is 23.2. The molecule has 2 saturated heterocycles. The summed E-state index contributed by atoms with van der Waals surface area (Å²) in [6, 6.07) is 5.51. The molecule has 0 atom stereocenters. The van der Waals surface area contributed by atoms with Crippen molar-refractivity contribution >= 4 is 38.2 Å². The summed E-state index contributed by atoms with van der Waals surface area (Å²) < 4.78 is 29.5. The monoisotopic (exact) mass is 472 g/mol. The van der Waals surface area contributed by atoms with Crippen LogP contribution in [-0.2, 0) is 14.6 Å². The maximum Gasteiger partial charge on any atom is 0.257 e. The van der Waals surface area contributed by atoms with Gasteiger partial charge in [-0.25, -0.2) is 8.42 Å². The summed E-state index contributed by atoms with van der Waals surface area (Å²) >= 11 is 0. The molecule has 0 unspecified atom stereocenters. The summed E-state index contributed by atoms with van der Waals surface area (Å²) in [5.41, 5.74) is 1.88. The molecule has 2 aromatic rings. The number of piperazine rings is 1. The molecule has 3 fully saturated rings.